The lowest BCUT2D eigenvalue weighted by Gasteiger charge is -2.20. The Balaban J connectivity index is 1.93. The van der Waals surface area contributed by atoms with E-state index < -0.39 is 6.04 Å². The van der Waals surface area contributed by atoms with E-state index in [1.807, 2.05) is 31.2 Å². The number of ether oxygens (including phenoxy) is 2. The van der Waals surface area contributed by atoms with Gasteiger partial charge in [-0.15, -0.1) is 0 Å². The predicted octanol–water partition coefficient (Wildman–Crippen LogP) is 4.13. The van der Waals surface area contributed by atoms with Crippen LogP contribution < -0.4 is 14.4 Å². The Morgan fingerprint density at radius 3 is 2.26 bits per heavy atom. The first-order valence-corrected chi connectivity index (χ1v) is 9.28. The zero-order valence-electron chi connectivity index (χ0n) is 15.7. The zero-order valence-corrected chi connectivity index (χ0v) is 17.2. The third-order valence-corrected chi connectivity index (χ3v) is 5.26. The van der Waals surface area contributed by atoms with Crippen LogP contribution in [0.3, 0.4) is 0 Å². The third-order valence-electron chi connectivity index (χ3n) is 4.64. The molecule has 3 rings (SSSR count). The van der Waals surface area contributed by atoms with E-state index in [4.69, 9.17) is 9.47 Å². The average molecular weight is 433 g/mol. The molecule has 1 heterocycles. The van der Waals surface area contributed by atoms with E-state index in [0.717, 1.165) is 10.0 Å². The van der Waals surface area contributed by atoms with Gasteiger partial charge in [-0.1, -0.05) is 17.7 Å². The van der Waals surface area contributed by atoms with Crippen LogP contribution in [-0.2, 0) is 11.3 Å². The van der Waals surface area contributed by atoms with Gasteiger partial charge in [-0.25, -0.2) is 4.79 Å². The van der Waals surface area contributed by atoms with Crippen LogP contribution >= 0.6 is 15.9 Å². The monoisotopic (exact) mass is 432 g/mol. The van der Waals surface area contributed by atoms with Gasteiger partial charge in [-0.05, 0) is 54.0 Å². The molecule has 0 aromatic heterocycles. The van der Waals surface area contributed by atoms with Crippen molar-refractivity contribution in [3.63, 3.8) is 0 Å². The van der Waals surface area contributed by atoms with E-state index in [-0.39, 0.29) is 18.5 Å². The Morgan fingerprint density at radius 1 is 1.04 bits per heavy atom. The molecule has 0 saturated carbocycles. The standard InChI is InChI=1S/C20H21BrN2O4/c1-12-5-7-15(8-6-12)23-13(2)19(24)22(20(23)25)11-14-9-18(27-4)16(21)10-17(14)26-3/h5-10,13H,11H2,1-4H3. The van der Waals surface area contributed by atoms with Gasteiger partial charge < -0.3 is 9.47 Å². The Bertz CT molecular complexity index is 882. The molecule has 1 unspecified atom stereocenters. The molecule has 142 valence electrons. The Hall–Kier alpha value is -2.54. The second-order valence-electron chi connectivity index (χ2n) is 6.39. The summed E-state index contributed by atoms with van der Waals surface area (Å²) in [6.45, 7) is 3.82. The maximum absolute atomic E-state index is 13.0. The van der Waals surface area contributed by atoms with Crippen molar-refractivity contribution >= 4 is 33.6 Å². The van der Waals surface area contributed by atoms with Gasteiger partial charge in [0.05, 0.1) is 25.2 Å². The highest BCUT2D eigenvalue weighted by atomic mass is 79.9. The highest BCUT2D eigenvalue weighted by Gasteiger charge is 2.43. The lowest BCUT2D eigenvalue weighted by Crippen LogP contribution is -2.33. The van der Waals surface area contributed by atoms with Crippen molar-refractivity contribution in [1.82, 2.24) is 4.90 Å². The smallest absolute Gasteiger partial charge is 0.332 e. The quantitative estimate of drug-likeness (QED) is 0.666. The Morgan fingerprint density at radius 2 is 1.67 bits per heavy atom. The number of benzene rings is 2. The Kier molecular flexibility index (Phi) is 5.41. The highest BCUT2D eigenvalue weighted by molar-refractivity contribution is 9.10. The van der Waals surface area contributed by atoms with Crippen LogP contribution in [0.15, 0.2) is 40.9 Å². The van der Waals surface area contributed by atoms with Crippen LogP contribution in [0.4, 0.5) is 10.5 Å². The maximum atomic E-state index is 13.0. The minimum Gasteiger partial charge on any atom is -0.496 e. The number of nitrogens with zero attached hydrogens (tertiary/aromatic N) is 2. The summed E-state index contributed by atoms with van der Waals surface area (Å²) in [7, 11) is 3.11. The first-order valence-electron chi connectivity index (χ1n) is 8.49. The molecular weight excluding hydrogens is 412 g/mol. The summed E-state index contributed by atoms with van der Waals surface area (Å²) in [6.07, 6.45) is 0. The largest absolute Gasteiger partial charge is 0.496 e. The van der Waals surface area contributed by atoms with Crippen molar-refractivity contribution in [3.05, 3.63) is 52.0 Å². The van der Waals surface area contributed by atoms with Gasteiger partial charge in [0.1, 0.15) is 17.5 Å². The molecule has 2 aromatic carbocycles. The average Bonchev–Trinajstić information content (AvgIpc) is 2.87. The van der Waals surface area contributed by atoms with E-state index in [2.05, 4.69) is 15.9 Å². The third kappa shape index (κ3) is 3.51. The zero-order chi connectivity index (χ0) is 19.7. The SMILES string of the molecule is COc1cc(CN2C(=O)C(C)N(c3ccc(C)cc3)C2=O)c(OC)cc1Br. The van der Waals surface area contributed by atoms with Crippen LogP contribution in [0, 0.1) is 6.92 Å². The number of methoxy groups -OCH3 is 2. The fraction of sp³-hybridized carbons (Fsp3) is 0.300. The van der Waals surface area contributed by atoms with E-state index in [1.165, 1.54) is 9.80 Å². The molecule has 3 amide bonds. The second-order valence-corrected chi connectivity index (χ2v) is 7.24. The molecule has 7 heteroatoms. The van der Waals surface area contributed by atoms with Crippen molar-refractivity contribution < 1.29 is 19.1 Å². The molecule has 1 atom stereocenters. The minimum atomic E-state index is -0.566. The second kappa shape index (κ2) is 7.60. The molecule has 1 aliphatic rings. The summed E-state index contributed by atoms with van der Waals surface area (Å²) in [5.74, 6) is 0.933. The number of amides is 3. The molecule has 1 fully saturated rings. The van der Waals surface area contributed by atoms with Gasteiger partial charge in [0, 0.05) is 11.3 Å². The number of anilines is 1. The molecule has 0 N–H and O–H groups in total. The fourth-order valence-corrected chi connectivity index (χ4v) is 3.61. The van der Waals surface area contributed by atoms with Gasteiger partial charge in [0.2, 0.25) is 0 Å². The number of hydrogen-bond donors (Lipinski definition) is 0. The van der Waals surface area contributed by atoms with Crippen LogP contribution in [0.25, 0.3) is 0 Å². The first-order chi connectivity index (χ1) is 12.9. The van der Waals surface area contributed by atoms with E-state index in [0.29, 0.717) is 22.7 Å². The minimum absolute atomic E-state index is 0.108. The van der Waals surface area contributed by atoms with Crippen molar-refractivity contribution in [2.24, 2.45) is 0 Å². The fourth-order valence-electron chi connectivity index (χ4n) is 3.13. The van der Waals surface area contributed by atoms with Crippen molar-refractivity contribution in [1.29, 1.82) is 0 Å². The molecule has 6 nitrogen and oxygen atoms in total. The summed E-state index contributed by atoms with van der Waals surface area (Å²) in [5, 5.41) is 0. The summed E-state index contributed by atoms with van der Waals surface area (Å²) >= 11 is 3.41. The van der Waals surface area contributed by atoms with Gasteiger partial charge in [-0.2, -0.15) is 0 Å². The van der Waals surface area contributed by atoms with Crippen LogP contribution in [0.2, 0.25) is 0 Å². The molecular formula is C20H21BrN2O4. The topological polar surface area (TPSA) is 59.1 Å². The molecule has 0 bridgehead atoms. The normalized spacial score (nSPS) is 16.9. The van der Waals surface area contributed by atoms with Crippen molar-refractivity contribution in [2.75, 3.05) is 19.1 Å². The van der Waals surface area contributed by atoms with Gasteiger partial charge in [0.15, 0.2) is 0 Å². The summed E-state index contributed by atoms with van der Waals surface area (Å²) < 4.78 is 11.5. The van der Waals surface area contributed by atoms with E-state index in [1.54, 1.807) is 33.3 Å². The summed E-state index contributed by atoms with van der Waals surface area (Å²) in [5.41, 5.74) is 2.49. The highest BCUT2D eigenvalue weighted by Crippen LogP contribution is 2.35. The molecule has 0 radical (unpaired) electrons. The number of urea groups is 1. The molecule has 1 aliphatic heterocycles. The van der Waals surface area contributed by atoms with Gasteiger partial charge in [-0.3, -0.25) is 14.6 Å². The number of carbonyl (C=O) groups excluding carboxylic acids is 2. The predicted molar refractivity (Wildman–Crippen MR) is 106 cm³/mol. The molecule has 0 aliphatic carbocycles. The van der Waals surface area contributed by atoms with E-state index in [9.17, 15) is 9.59 Å². The van der Waals surface area contributed by atoms with Crippen LogP contribution in [-0.4, -0.2) is 37.1 Å². The molecule has 1 saturated heterocycles. The van der Waals surface area contributed by atoms with Crippen molar-refractivity contribution in [2.45, 2.75) is 26.4 Å². The molecule has 27 heavy (non-hydrogen) atoms. The summed E-state index contributed by atoms with van der Waals surface area (Å²) in [6, 6.07) is 10.2. The number of halogens is 1. The van der Waals surface area contributed by atoms with Crippen LogP contribution in [0.5, 0.6) is 11.5 Å². The Labute approximate surface area is 166 Å². The molecule has 0 spiro atoms. The van der Waals surface area contributed by atoms with E-state index >= 15 is 0 Å². The van der Waals surface area contributed by atoms with Crippen LogP contribution in [0.1, 0.15) is 18.1 Å². The van der Waals surface area contributed by atoms with Crippen molar-refractivity contribution in [3.8, 4) is 11.5 Å². The lowest BCUT2D eigenvalue weighted by molar-refractivity contribution is -0.127. The lowest BCUT2D eigenvalue weighted by atomic mass is 10.1. The van der Waals surface area contributed by atoms with Gasteiger partial charge >= 0.3 is 6.03 Å². The number of carbonyl (C=O) groups is 2. The molecule has 2 aromatic rings. The first kappa shape index (κ1) is 19.2. The van der Waals surface area contributed by atoms with Gasteiger partial charge in [0.25, 0.3) is 5.91 Å². The number of rotatable bonds is 5. The maximum Gasteiger partial charge on any atom is 0.332 e. The summed E-state index contributed by atoms with van der Waals surface area (Å²) in [4.78, 5) is 28.5. The number of aryl methyl sites for hydroxylation is 1. The number of imide groups is 1. The number of hydrogen-bond acceptors (Lipinski definition) is 4.